The quantitative estimate of drug-likeness (QED) is 0.600. The molecule has 0 aliphatic carbocycles. The molecule has 0 unspecified atom stereocenters. The molecule has 0 radical (unpaired) electrons. The van der Waals surface area contributed by atoms with Gasteiger partial charge in [0.1, 0.15) is 5.56 Å². The first-order valence-electron chi connectivity index (χ1n) is 10.3. The Morgan fingerprint density at radius 1 is 1.17 bits per heavy atom. The number of nitrogens with zero attached hydrogens (tertiary/aromatic N) is 2. The molecule has 1 aromatic heterocycles. The number of fused-ring (bicyclic) bond motifs is 1. The van der Waals surface area contributed by atoms with Crippen LogP contribution in [0, 0.1) is 0 Å². The van der Waals surface area contributed by atoms with Crippen molar-refractivity contribution in [2.24, 2.45) is 0 Å². The van der Waals surface area contributed by atoms with Crippen molar-refractivity contribution in [3.05, 3.63) is 71.4 Å². The molecule has 4 rings (SSSR count). The number of para-hydroxylation sites is 1. The Kier molecular flexibility index (Phi) is 5.93. The first-order valence-corrected chi connectivity index (χ1v) is 10.3. The van der Waals surface area contributed by atoms with E-state index in [9.17, 15) is 9.59 Å². The molecule has 1 aliphatic heterocycles. The first-order chi connectivity index (χ1) is 14.7. The normalized spacial score (nSPS) is 13.6. The van der Waals surface area contributed by atoms with Crippen molar-refractivity contribution in [3.63, 3.8) is 0 Å². The largest absolute Gasteiger partial charge is 0.462 e. The average Bonchev–Trinajstić information content (AvgIpc) is 3.16. The summed E-state index contributed by atoms with van der Waals surface area (Å²) in [7, 11) is 0. The fourth-order valence-electron chi connectivity index (χ4n) is 3.82. The van der Waals surface area contributed by atoms with Crippen molar-refractivity contribution in [1.29, 1.82) is 0 Å². The van der Waals surface area contributed by atoms with Crippen molar-refractivity contribution >= 4 is 28.5 Å². The van der Waals surface area contributed by atoms with E-state index < -0.39 is 0 Å². The standard InChI is InChI=1S/C24H25N3O3/c1-2-30-24(29)20-15-25-21-10-4-3-9-19(21)23(20)26-14-17-7-5-8-18(13-17)16-27-12-6-11-22(27)28/h3-5,7-10,13,15H,2,6,11-12,14,16H2,1H3,(H,25,26). The number of nitrogens with one attached hydrogen (secondary N) is 1. The second-order valence-electron chi connectivity index (χ2n) is 7.38. The first kappa shape index (κ1) is 19.9. The number of hydrogen-bond acceptors (Lipinski definition) is 5. The molecule has 1 aliphatic rings. The summed E-state index contributed by atoms with van der Waals surface area (Å²) >= 11 is 0. The Bertz CT molecular complexity index is 1080. The fourth-order valence-corrected chi connectivity index (χ4v) is 3.82. The molecule has 0 bridgehead atoms. The summed E-state index contributed by atoms with van der Waals surface area (Å²) in [6.45, 7) is 4.10. The van der Waals surface area contributed by atoms with E-state index in [1.54, 1.807) is 13.1 Å². The van der Waals surface area contributed by atoms with E-state index >= 15 is 0 Å². The summed E-state index contributed by atoms with van der Waals surface area (Å²) in [5, 5.41) is 4.30. The average molecular weight is 403 g/mol. The van der Waals surface area contributed by atoms with Gasteiger partial charge in [-0.25, -0.2) is 4.79 Å². The topological polar surface area (TPSA) is 71.5 Å². The lowest BCUT2D eigenvalue weighted by Crippen LogP contribution is -2.23. The summed E-state index contributed by atoms with van der Waals surface area (Å²) in [5.41, 5.74) is 4.15. The van der Waals surface area contributed by atoms with Gasteiger partial charge in [0.25, 0.3) is 0 Å². The van der Waals surface area contributed by atoms with Gasteiger partial charge in [0.05, 0.1) is 17.8 Å². The van der Waals surface area contributed by atoms with Gasteiger partial charge in [-0.15, -0.1) is 0 Å². The van der Waals surface area contributed by atoms with Crippen LogP contribution in [0.15, 0.2) is 54.7 Å². The fraction of sp³-hybridized carbons (Fsp3) is 0.292. The number of benzene rings is 2. The number of anilines is 1. The second-order valence-corrected chi connectivity index (χ2v) is 7.38. The number of amides is 1. The van der Waals surface area contributed by atoms with E-state index in [2.05, 4.69) is 16.4 Å². The lowest BCUT2D eigenvalue weighted by Gasteiger charge is -2.17. The van der Waals surface area contributed by atoms with E-state index in [1.165, 1.54) is 0 Å². The van der Waals surface area contributed by atoms with Crippen LogP contribution >= 0.6 is 0 Å². The maximum atomic E-state index is 12.5. The van der Waals surface area contributed by atoms with Gasteiger partial charge in [-0.1, -0.05) is 42.5 Å². The maximum absolute atomic E-state index is 12.5. The number of carbonyl (C=O) groups is 2. The smallest absolute Gasteiger partial charge is 0.341 e. The van der Waals surface area contributed by atoms with Gasteiger partial charge < -0.3 is 15.0 Å². The van der Waals surface area contributed by atoms with Gasteiger partial charge in [0, 0.05) is 37.6 Å². The molecule has 0 spiro atoms. The van der Waals surface area contributed by atoms with Crippen LogP contribution in [0.3, 0.4) is 0 Å². The summed E-state index contributed by atoms with van der Waals surface area (Å²) in [4.78, 5) is 30.7. The minimum Gasteiger partial charge on any atom is -0.462 e. The van der Waals surface area contributed by atoms with Gasteiger partial charge in [-0.3, -0.25) is 9.78 Å². The molecule has 1 amide bonds. The molecule has 2 heterocycles. The number of esters is 1. The lowest BCUT2D eigenvalue weighted by atomic mass is 10.1. The molecule has 0 atom stereocenters. The van der Waals surface area contributed by atoms with Crippen molar-refractivity contribution < 1.29 is 14.3 Å². The summed E-state index contributed by atoms with van der Waals surface area (Å²) in [6.07, 6.45) is 3.15. The lowest BCUT2D eigenvalue weighted by molar-refractivity contribution is -0.128. The number of hydrogen-bond donors (Lipinski definition) is 1. The molecule has 154 valence electrons. The zero-order valence-corrected chi connectivity index (χ0v) is 17.1. The van der Waals surface area contributed by atoms with Gasteiger partial charge >= 0.3 is 5.97 Å². The number of ether oxygens (including phenoxy) is 1. The van der Waals surface area contributed by atoms with E-state index in [1.807, 2.05) is 47.4 Å². The molecule has 30 heavy (non-hydrogen) atoms. The SMILES string of the molecule is CCOC(=O)c1cnc2ccccc2c1NCc1cccc(CN2CCCC2=O)c1. The van der Waals surface area contributed by atoms with Crippen molar-refractivity contribution in [2.45, 2.75) is 32.9 Å². The number of rotatable bonds is 7. The van der Waals surface area contributed by atoms with Crippen LogP contribution < -0.4 is 5.32 Å². The molecule has 2 aromatic carbocycles. The Labute approximate surface area is 175 Å². The third-order valence-corrected chi connectivity index (χ3v) is 5.28. The Hall–Kier alpha value is -3.41. The molecule has 1 N–H and O–H groups in total. The molecular weight excluding hydrogens is 378 g/mol. The van der Waals surface area contributed by atoms with Gasteiger partial charge in [-0.05, 0) is 30.5 Å². The summed E-state index contributed by atoms with van der Waals surface area (Å²) in [6, 6.07) is 15.9. The minimum atomic E-state index is -0.389. The molecule has 1 fully saturated rings. The highest BCUT2D eigenvalue weighted by molar-refractivity contribution is 6.04. The van der Waals surface area contributed by atoms with Crippen molar-refractivity contribution in [2.75, 3.05) is 18.5 Å². The van der Waals surface area contributed by atoms with Crippen LogP contribution in [0.2, 0.25) is 0 Å². The molecule has 6 heteroatoms. The Morgan fingerprint density at radius 3 is 2.80 bits per heavy atom. The predicted octanol–water partition coefficient (Wildman–Crippen LogP) is 4.15. The minimum absolute atomic E-state index is 0.223. The molecule has 6 nitrogen and oxygen atoms in total. The van der Waals surface area contributed by atoms with Gasteiger partial charge in [0.15, 0.2) is 0 Å². The van der Waals surface area contributed by atoms with Crippen LogP contribution in [0.5, 0.6) is 0 Å². The monoisotopic (exact) mass is 403 g/mol. The van der Waals surface area contributed by atoms with E-state index in [-0.39, 0.29) is 11.9 Å². The van der Waals surface area contributed by atoms with Gasteiger partial charge in [0.2, 0.25) is 5.91 Å². The Balaban J connectivity index is 1.57. The maximum Gasteiger partial charge on any atom is 0.341 e. The van der Waals surface area contributed by atoms with E-state index in [0.717, 1.165) is 40.7 Å². The molecule has 1 saturated heterocycles. The van der Waals surface area contributed by atoms with Gasteiger partial charge in [-0.2, -0.15) is 0 Å². The highest BCUT2D eigenvalue weighted by Crippen LogP contribution is 2.27. The second kappa shape index (κ2) is 8.95. The summed E-state index contributed by atoms with van der Waals surface area (Å²) < 4.78 is 5.22. The predicted molar refractivity (Wildman–Crippen MR) is 116 cm³/mol. The highest BCUT2D eigenvalue weighted by atomic mass is 16.5. The molecule has 0 saturated carbocycles. The van der Waals surface area contributed by atoms with E-state index in [0.29, 0.717) is 31.7 Å². The summed E-state index contributed by atoms with van der Waals surface area (Å²) in [5.74, 6) is -0.166. The van der Waals surface area contributed by atoms with Crippen LogP contribution in [-0.4, -0.2) is 34.9 Å². The zero-order chi connectivity index (χ0) is 20.9. The number of aromatic nitrogens is 1. The van der Waals surface area contributed by atoms with Crippen LogP contribution in [0.4, 0.5) is 5.69 Å². The highest BCUT2D eigenvalue weighted by Gasteiger charge is 2.20. The number of carbonyl (C=O) groups excluding carboxylic acids is 2. The number of likely N-dealkylation sites (tertiary alicyclic amines) is 1. The van der Waals surface area contributed by atoms with Crippen molar-refractivity contribution in [3.8, 4) is 0 Å². The number of pyridine rings is 1. The van der Waals surface area contributed by atoms with Crippen molar-refractivity contribution in [1.82, 2.24) is 9.88 Å². The zero-order valence-electron chi connectivity index (χ0n) is 17.1. The third-order valence-electron chi connectivity index (χ3n) is 5.28. The molecular formula is C24H25N3O3. The Morgan fingerprint density at radius 2 is 2.00 bits per heavy atom. The van der Waals surface area contributed by atoms with E-state index in [4.69, 9.17) is 4.74 Å². The molecule has 3 aromatic rings. The van der Waals surface area contributed by atoms with Crippen LogP contribution in [0.1, 0.15) is 41.3 Å². The van der Waals surface area contributed by atoms with Crippen LogP contribution in [0.25, 0.3) is 10.9 Å². The van der Waals surface area contributed by atoms with Crippen LogP contribution in [-0.2, 0) is 22.6 Å². The third kappa shape index (κ3) is 4.27.